The summed E-state index contributed by atoms with van der Waals surface area (Å²) in [7, 11) is 3.11. The van der Waals surface area contributed by atoms with Crippen molar-refractivity contribution in [2.24, 2.45) is 0 Å². The maximum Gasteiger partial charge on any atom is 0.290 e. The molecule has 0 spiro atoms. The lowest BCUT2D eigenvalue weighted by molar-refractivity contribution is -0.117. The van der Waals surface area contributed by atoms with E-state index in [-0.39, 0.29) is 36.8 Å². The number of carbonyl (C=O) groups is 2. The maximum atomic E-state index is 13.4. The van der Waals surface area contributed by atoms with Gasteiger partial charge in [-0.3, -0.25) is 19.5 Å². The number of furan rings is 1. The Morgan fingerprint density at radius 2 is 1.93 bits per heavy atom. The number of nitrogens with zero attached hydrogens (tertiary/aromatic N) is 3. The average molecular weight is 565 g/mol. The quantitative estimate of drug-likeness (QED) is 0.287. The number of anilines is 1. The summed E-state index contributed by atoms with van der Waals surface area (Å²) in [4.78, 5) is 32.7. The molecule has 10 nitrogen and oxygen atoms in total. The summed E-state index contributed by atoms with van der Waals surface area (Å²) in [6.07, 6.45) is 4.82. The molecule has 2 aromatic heterocycles. The van der Waals surface area contributed by atoms with Crippen LogP contribution >= 0.6 is 11.6 Å². The van der Waals surface area contributed by atoms with Gasteiger partial charge in [0.05, 0.1) is 38.0 Å². The second-order valence-corrected chi connectivity index (χ2v) is 9.65. The molecule has 4 aromatic rings. The topological polar surface area (TPSA) is 108 Å². The number of halogens is 1. The van der Waals surface area contributed by atoms with Crippen LogP contribution in [0.2, 0.25) is 5.02 Å². The number of carbonyl (C=O) groups excluding carboxylic acids is 2. The van der Waals surface area contributed by atoms with Gasteiger partial charge in [0.2, 0.25) is 11.9 Å². The van der Waals surface area contributed by atoms with Crippen molar-refractivity contribution in [3.8, 4) is 28.4 Å². The van der Waals surface area contributed by atoms with E-state index in [0.29, 0.717) is 34.5 Å². The molecule has 0 unspecified atom stereocenters. The zero-order chi connectivity index (χ0) is 28.1. The van der Waals surface area contributed by atoms with E-state index < -0.39 is 5.91 Å². The minimum absolute atomic E-state index is 0.142. The maximum absolute atomic E-state index is 13.4. The molecule has 1 N–H and O–H groups in total. The molecule has 1 aliphatic rings. The fraction of sp³-hybridized carbons (Fsp3) is 0.276. The highest BCUT2D eigenvalue weighted by molar-refractivity contribution is 6.30. The Kier molecular flexibility index (Phi) is 8.37. The summed E-state index contributed by atoms with van der Waals surface area (Å²) in [6.45, 7) is 0.692. The Morgan fingerprint density at radius 3 is 2.60 bits per heavy atom. The van der Waals surface area contributed by atoms with Crippen molar-refractivity contribution < 1.29 is 28.2 Å². The first kappa shape index (κ1) is 27.3. The second-order valence-electron chi connectivity index (χ2n) is 9.21. The molecular formula is C29H29ClN4O6. The van der Waals surface area contributed by atoms with Gasteiger partial charge in [-0.1, -0.05) is 23.7 Å². The van der Waals surface area contributed by atoms with Crippen LogP contribution in [0.5, 0.6) is 11.5 Å². The number of hydrogen-bond acceptors (Lipinski definition) is 7. The summed E-state index contributed by atoms with van der Waals surface area (Å²) >= 11 is 6.08. The summed E-state index contributed by atoms with van der Waals surface area (Å²) < 4.78 is 23.6. The average Bonchev–Trinajstić information content (AvgIpc) is 3.75. The second kappa shape index (κ2) is 12.3. The lowest BCUT2D eigenvalue weighted by Gasteiger charge is -2.24. The monoisotopic (exact) mass is 564 g/mol. The van der Waals surface area contributed by atoms with Crippen LogP contribution in [-0.2, 0) is 9.53 Å². The number of ether oxygens (including phenoxy) is 3. The molecule has 1 aliphatic heterocycles. The molecule has 0 aliphatic carbocycles. The summed E-state index contributed by atoms with van der Waals surface area (Å²) in [5, 5.41) is 3.48. The molecule has 2 amide bonds. The third-order valence-electron chi connectivity index (χ3n) is 6.54. The lowest BCUT2D eigenvalue weighted by atomic mass is 10.2. The molecule has 1 atom stereocenters. The minimum Gasteiger partial charge on any atom is -0.493 e. The Morgan fingerprint density at radius 1 is 1.12 bits per heavy atom. The molecule has 2 aromatic carbocycles. The summed E-state index contributed by atoms with van der Waals surface area (Å²) in [5.41, 5.74) is 2.11. The molecule has 1 fully saturated rings. The van der Waals surface area contributed by atoms with Crippen molar-refractivity contribution in [1.82, 2.24) is 14.5 Å². The molecule has 1 saturated heterocycles. The van der Waals surface area contributed by atoms with Crippen molar-refractivity contribution in [2.45, 2.75) is 18.9 Å². The van der Waals surface area contributed by atoms with Crippen LogP contribution in [0.15, 0.2) is 71.5 Å². The Hall–Kier alpha value is -4.28. The van der Waals surface area contributed by atoms with E-state index in [9.17, 15) is 9.59 Å². The van der Waals surface area contributed by atoms with Crippen molar-refractivity contribution in [3.63, 3.8) is 0 Å². The predicted octanol–water partition coefficient (Wildman–Crippen LogP) is 5.06. The zero-order valence-electron chi connectivity index (χ0n) is 22.1. The first-order valence-corrected chi connectivity index (χ1v) is 13.1. The minimum atomic E-state index is -0.423. The summed E-state index contributed by atoms with van der Waals surface area (Å²) in [6, 6.07) is 15.8. The van der Waals surface area contributed by atoms with Crippen LogP contribution < -0.4 is 14.8 Å². The highest BCUT2D eigenvalue weighted by Gasteiger charge is 2.27. The fourth-order valence-electron chi connectivity index (χ4n) is 4.55. The SMILES string of the molecule is COc1ccc(-n2cc(-c3ccc(Cl)cc3)nc2NC(=O)CN(C[C@@H]2CCCO2)C(=O)c2ccco2)cc1OC. The van der Waals surface area contributed by atoms with Crippen LogP contribution in [0.1, 0.15) is 23.4 Å². The number of imidazole rings is 1. The fourth-order valence-corrected chi connectivity index (χ4v) is 4.67. The molecule has 11 heteroatoms. The third kappa shape index (κ3) is 6.13. The van der Waals surface area contributed by atoms with Gasteiger partial charge in [-0.25, -0.2) is 4.98 Å². The Bertz CT molecular complexity index is 1460. The van der Waals surface area contributed by atoms with Gasteiger partial charge < -0.3 is 23.5 Å². The molecule has 3 heterocycles. The van der Waals surface area contributed by atoms with Crippen LogP contribution in [0.25, 0.3) is 16.9 Å². The van der Waals surface area contributed by atoms with E-state index >= 15 is 0 Å². The molecule has 0 bridgehead atoms. The third-order valence-corrected chi connectivity index (χ3v) is 6.80. The van der Waals surface area contributed by atoms with Gasteiger partial charge in [0, 0.05) is 36.0 Å². The van der Waals surface area contributed by atoms with Gasteiger partial charge >= 0.3 is 0 Å². The number of nitrogens with one attached hydrogen (secondary N) is 1. The number of hydrogen-bond donors (Lipinski definition) is 1. The standard InChI is InChI=1S/C29H29ClN4O6/c1-37-24-12-11-21(15-26(24)38-2)34-17-23(19-7-9-20(30)10-8-19)31-29(34)32-27(35)18-33(16-22-5-3-13-39-22)28(36)25-6-4-14-40-25/h4,6-12,14-15,17,22H,3,5,13,16,18H2,1-2H3,(H,31,32,35)/t22-/m0/s1. The molecule has 208 valence electrons. The van der Waals surface area contributed by atoms with E-state index in [4.69, 9.17) is 35.2 Å². The number of aromatic nitrogens is 2. The normalized spacial score (nSPS) is 14.6. The molecule has 0 saturated carbocycles. The van der Waals surface area contributed by atoms with Gasteiger partial charge in [0.15, 0.2) is 17.3 Å². The van der Waals surface area contributed by atoms with E-state index in [1.54, 1.807) is 61.4 Å². The predicted molar refractivity (Wildman–Crippen MR) is 149 cm³/mol. The van der Waals surface area contributed by atoms with Crippen LogP contribution in [0.3, 0.4) is 0 Å². The van der Waals surface area contributed by atoms with Crippen molar-refractivity contribution in [1.29, 1.82) is 0 Å². The number of rotatable bonds is 10. The van der Waals surface area contributed by atoms with Crippen molar-refractivity contribution in [3.05, 3.63) is 77.8 Å². The molecule has 0 radical (unpaired) electrons. The van der Waals surface area contributed by atoms with Crippen LogP contribution in [0.4, 0.5) is 5.95 Å². The van der Waals surface area contributed by atoms with Gasteiger partial charge in [-0.15, -0.1) is 0 Å². The molecule has 40 heavy (non-hydrogen) atoms. The van der Waals surface area contributed by atoms with E-state index in [1.807, 2.05) is 18.2 Å². The molecule has 5 rings (SSSR count). The van der Waals surface area contributed by atoms with Crippen LogP contribution in [-0.4, -0.2) is 66.3 Å². The van der Waals surface area contributed by atoms with Gasteiger partial charge in [-0.2, -0.15) is 0 Å². The Labute approximate surface area is 236 Å². The first-order chi connectivity index (χ1) is 19.4. The van der Waals surface area contributed by atoms with Gasteiger partial charge in [0.1, 0.15) is 6.54 Å². The van der Waals surface area contributed by atoms with Gasteiger partial charge in [-0.05, 0) is 49.2 Å². The largest absolute Gasteiger partial charge is 0.493 e. The smallest absolute Gasteiger partial charge is 0.290 e. The van der Waals surface area contributed by atoms with E-state index in [1.165, 1.54) is 11.2 Å². The number of benzene rings is 2. The first-order valence-electron chi connectivity index (χ1n) is 12.8. The van der Waals surface area contributed by atoms with E-state index in [2.05, 4.69) is 5.32 Å². The highest BCUT2D eigenvalue weighted by atomic mass is 35.5. The van der Waals surface area contributed by atoms with Gasteiger partial charge in [0.25, 0.3) is 5.91 Å². The molecular weight excluding hydrogens is 536 g/mol. The number of amides is 2. The van der Waals surface area contributed by atoms with E-state index in [0.717, 1.165) is 18.4 Å². The number of methoxy groups -OCH3 is 2. The highest BCUT2D eigenvalue weighted by Crippen LogP contribution is 2.32. The van der Waals surface area contributed by atoms with Crippen molar-refractivity contribution >= 4 is 29.4 Å². The van der Waals surface area contributed by atoms with Crippen molar-refractivity contribution in [2.75, 3.05) is 39.2 Å². The summed E-state index contributed by atoms with van der Waals surface area (Å²) in [5.74, 6) is 0.697. The zero-order valence-corrected chi connectivity index (χ0v) is 22.9. The lowest BCUT2D eigenvalue weighted by Crippen LogP contribution is -2.42. The Balaban J connectivity index is 1.44. The van der Waals surface area contributed by atoms with Crippen LogP contribution in [0, 0.1) is 0 Å².